The molecule has 0 spiro atoms. The predicted molar refractivity (Wildman–Crippen MR) is 70.2 cm³/mol. The highest BCUT2D eigenvalue weighted by Gasteiger charge is 2.09. The first-order chi connectivity index (χ1) is 8.33. The van der Waals surface area contributed by atoms with Crippen LogP contribution in [-0.4, -0.2) is 15.0 Å². The summed E-state index contributed by atoms with van der Waals surface area (Å²) in [5.74, 6) is 0.304. The maximum absolute atomic E-state index is 5.69. The molecule has 2 N–H and O–H groups in total. The van der Waals surface area contributed by atoms with Gasteiger partial charge in [-0.15, -0.1) is 11.3 Å². The third-order valence-corrected chi connectivity index (χ3v) is 3.91. The summed E-state index contributed by atoms with van der Waals surface area (Å²) in [6.07, 6.45) is 1.76. The molecule has 0 amide bonds. The van der Waals surface area contributed by atoms with E-state index in [9.17, 15) is 0 Å². The Morgan fingerprint density at radius 2 is 2.12 bits per heavy atom. The first kappa shape index (κ1) is 10.5. The minimum Gasteiger partial charge on any atom is -0.368 e. The van der Waals surface area contributed by atoms with Crippen molar-refractivity contribution in [3.05, 3.63) is 35.8 Å². The fraction of sp³-hybridized carbons (Fsp3) is 0. The largest absolute Gasteiger partial charge is 0.368 e. The third kappa shape index (κ3) is 2.09. The summed E-state index contributed by atoms with van der Waals surface area (Å²) in [5.41, 5.74) is 5.69. The van der Waals surface area contributed by atoms with Gasteiger partial charge in [0.2, 0.25) is 5.95 Å². The Balaban J connectivity index is 2.08. The van der Waals surface area contributed by atoms with Crippen molar-refractivity contribution in [2.24, 2.45) is 0 Å². The second-order valence-electron chi connectivity index (χ2n) is 3.30. The van der Waals surface area contributed by atoms with Crippen molar-refractivity contribution in [3.8, 4) is 0 Å². The SMILES string of the molecule is Nc1nc(Sc2ccccn2)c2ccsc2n1. The van der Waals surface area contributed by atoms with Gasteiger partial charge in [-0.2, -0.15) is 0 Å². The Hall–Kier alpha value is -1.66. The molecule has 3 rings (SSSR count). The Bertz CT molecular complexity index is 651. The van der Waals surface area contributed by atoms with Gasteiger partial charge in [0, 0.05) is 11.6 Å². The van der Waals surface area contributed by atoms with Crippen molar-refractivity contribution in [3.63, 3.8) is 0 Å². The highest BCUT2D eigenvalue weighted by Crippen LogP contribution is 2.32. The first-order valence-corrected chi connectivity index (χ1v) is 6.62. The van der Waals surface area contributed by atoms with Gasteiger partial charge in [-0.3, -0.25) is 0 Å². The highest BCUT2D eigenvalue weighted by molar-refractivity contribution is 7.99. The van der Waals surface area contributed by atoms with Crippen molar-refractivity contribution in [2.75, 3.05) is 5.73 Å². The molecule has 6 heteroatoms. The van der Waals surface area contributed by atoms with E-state index >= 15 is 0 Å². The van der Waals surface area contributed by atoms with E-state index < -0.39 is 0 Å². The number of thiophene rings is 1. The van der Waals surface area contributed by atoms with E-state index in [2.05, 4.69) is 15.0 Å². The maximum Gasteiger partial charge on any atom is 0.222 e. The molecule has 0 bridgehead atoms. The molecule has 0 saturated carbocycles. The van der Waals surface area contributed by atoms with E-state index in [1.165, 1.54) is 11.8 Å². The molecule has 3 aromatic rings. The Labute approximate surface area is 106 Å². The second kappa shape index (κ2) is 4.31. The third-order valence-electron chi connectivity index (χ3n) is 2.15. The summed E-state index contributed by atoms with van der Waals surface area (Å²) < 4.78 is 0. The van der Waals surface area contributed by atoms with Gasteiger partial charge in [-0.1, -0.05) is 6.07 Å². The molecular weight excluding hydrogens is 252 g/mol. The summed E-state index contributed by atoms with van der Waals surface area (Å²) in [6, 6.07) is 7.79. The van der Waals surface area contributed by atoms with Crippen LogP contribution in [0, 0.1) is 0 Å². The van der Waals surface area contributed by atoms with E-state index in [1.54, 1.807) is 17.5 Å². The van der Waals surface area contributed by atoms with E-state index in [4.69, 9.17) is 5.73 Å². The molecule has 0 radical (unpaired) electrons. The summed E-state index contributed by atoms with van der Waals surface area (Å²) >= 11 is 3.06. The molecule has 0 atom stereocenters. The molecule has 0 aliphatic rings. The van der Waals surface area contributed by atoms with Crippen LogP contribution in [0.3, 0.4) is 0 Å². The average molecular weight is 260 g/mol. The molecule has 0 aliphatic heterocycles. The number of fused-ring (bicyclic) bond motifs is 1. The number of pyridine rings is 1. The minimum absolute atomic E-state index is 0.304. The quantitative estimate of drug-likeness (QED) is 0.718. The zero-order valence-electron chi connectivity index (χ0n) is 8.70. The van der Waals surface area contributed by atoms with Gasteiger partial charge < -0.3 is 5.73 Å². The number of anilines is 1. The molecule has 4 nitrogen and oxygen atoms in total. The lowest BCUT2D eigenvalue weighted by molar-refractivity contribution is 1.09. The van der Waals surface area contributed by atoms with Gasteiger partial charge in [0.15, 0.2) is 0 Å². The topological polar surface area (TPSA) is 64.7 Å². The molecular formula is C11H8N4S2. The van der Waals surface area contributed by atoms with Gasteiger partial charge in [-0.05, 0) is 35.3 Å². The van der Waals surface area contributed by atoms with Crippen LogP contribution in [0.5, 0.6) is 0 Å². The summed E-state index contributed by atoms with van der Waals surface area (Å²) in [6.45, 7) is 0. The zero-order chi connectivity index (χ0) is 11.7. The fourth-order valence-electron chi connectivity index (χ4n) is 1.43. The van der Waals surface area contributed by atoms with Gasteiger partial charge in [-0.25, -0.2) is 15.0 Å². The van der Waals surface area contributed by atoms with Crippen LogP contribution < -0.4 is 5.73 Å². The number of hydrogen-bond acceptors (Lipinski definition) is 6. The van der Waals surface area contributed by atoms with Crippen molar-refractivity contribution >= 4 is 39.3 Å². The fourth-order valence-corrected chi connectivity index (χ4v) is 3.14. The van der Waals surface area contributed by atoms with Gasteiger partial charge in [0.25, 0.3) is 0 Å². The molecule has 3 aromatic heterocycles. The Morgan fingerprint density at radius 3 is 2.94 bits per heavy atom. The lowest BCUT2D eigenvalue weighted by Gasteiger charge is -2.02. The summed E-state index contributed by atoms with van der Waals surface area (Å²) in [5, 5.41) is 4.77. The number of rotatable bonds is 2. The normalized spacial score (nSPS) is 10.8. The number of nitrogens with zero attached hydrogens (tertiary/aromatic N) is 3. The molecule has 17 heavy (non-hydrogen) atoms. The van der Waals surface area contributed by atoms with Crippen LogP contribution in [0.15, 0.2) is 45.9 Å². The second-order valence-corrected chi connectivity index (χ2v) is 5.20. The van der Waals surface area contributed by atoms with Crippen molar-refractivity contribution in [1.82, 2.24) is 15.0 Å². The van der Waals surface area contributed by atoms with E-state index in [0.29, 0.717) is 5.95 Å². The highest BCUT2D eigenvalue weighted by atomic mass is 32.2. The molecule has 0 fully saturated rings. The van der Waals surface area contributed by atoms with E-state index in [1.807, 2.05) is 29.6 Å². The maximum atomic E-state index is 5.69. The van der Waals surface area contributed by atoms with Crippen molar-refractivity contribution < 1.29 is 0 Å². The van der Waals surface area contributed by atoms with Crippen molar-refractivity contribution in [2.45, 2.75) is 10.1 Å². The number of nitrogens with two attached hydrogens (primary N) is 1. The minimum atomic E-state index is 0.304. The van der Waals surface area contributed by atoms with Gasteiger partial charge in [0.05, 0.1) is 0 Å². The van der Waals surface area contributed by atoms with E-state index in [-0.39, 0.29) is 0 Å². The standard InChI is InChI=1S/C11H8N4S2/c12-11-14-9-7(4-6-16-9)10(15-11)17-8-3-1-2-5-13-8/h1-6H,(H2,12,14,15). The van der Waals surface area contributed by atoms with Crippen LogP contribution in [0.4, 0.5) is 5.95 Å². The zero-order valence-corrected chi connectivity index (χ0v) is 10.3. The number of hydrogen-bond donors (Lipinski definition) is 1. The van der Waals surface area contributed by atoms with E-state index in [0.717, 1.165) is 20.3 Å². The predicted octanol–water partition coefficient (Wildman–Crippen LogP) is 2.82. The van der Waals surface area contributed by atoms with Gasteiger partial charge in [0.1, 0.15) is 14.9 Å². The molecule has 3 heterocycles. The summed E-state index contributed by atoms with van der Waals surface area (Å²) in [4.78, 5) is 13.6. The number of aromatic nitrogens is 3. The summed E-state index contributed by atoms with van der Waals surface area (Å²) in [7, 11) is 0. The lowest BCUT2D eigenvalue weighted by atomic mass is 10.4. The van der Waals surface area contributed by atoms with Gasteiger partial charge >= 0.3 is 0 Å². The van der Waals surface area contributed by atoms with Crippen LogP contribution in [0.25, 0.3) is 10.2 Å². The molecule has 84 valence electrons. The number of nitrogen functional groups attached to an aromatic ring is 1. The van der Waals surface area contributed by atoms with Crippen LogP contribution in [-0.2, 0) is 0 Å². The average Bonchev–Trinajstić information content (AvgIpc) is 2.78. The molecule has 0 aliphatic carbocycles. The Morgan fingerprint density at radius 1 is 1.18 bits per heavy atom. The van der Waals surface area contributed by atoms with Crippen molar-refractivity contribution in [1.29, 1.82) is 0 Å². The molecule has 0 saturated heterocycles. The smallest absolute Gasteiger partial charge is 0.222 e. The monoisotopic (exact) mass is 260 g/mol. The Kier molecular flexibility index (Phi) is 2.66. The molecule has 0 aromatic carbocycles. The van der Waals surface area contributed by atoms with Crippen LogP contribution in [0.1, 0.15) is 0 Å². The van der Waals surface area contributed by atoms with Crippen LogP contribution >= 0.6 is 23.1 Å². The van der Waals surface area contributed by atoms with Crippen LogP contribution in [0.2, 0.25) is 0 Å². The first-order valence-electron chi connectivity index (χ1n) is 4.92. The molecule has 0 unspecified atom stereocenters. The lowest BCUT2D eigenvalue weighted by Crippen LogP contribution is -1.95.